The van der Waals surface area contributed by atoms with Crippen LogP contribution in [-0.2, 0) is 0 Å². The molecule has 0 bridgehead atoms. The van der Waals surface area contributed by atoms with Crippen molar-refractivity contribution in [2.75, 3.05) is 5.32 Å². The fraction of sp³-hybridized carbons (Fsp3) is 0.500. The van der Waals surface area contributed by atoms with E-state index in [-0.39, 0.29) is 0 Å². The Morgan fingerprint density at radius 3 is 2.53 bits per heavy atom. The molecule has 92 valence electrons. The van der Waals surface area contributed by atoms with E-state index in [9.17, 15) is 4.79 Å². The molecule has 1 saturated carbocycles. The zero-order chi connectivity index (χ0) is 12.3. The Hall–Kier alpha value is -1.62. The minimum atomic E-state index is -0.451. The maximum Gasteiger partial charge on any atom is 0.250 e. The summed E-state index contributed by atoms with van der Waals surface area (Å²) >= 11 is 0. The van der Waals surface area contributed by atoms with Crippen molar-refractivity contribution in [1.29, 1.82) is 0 Å². The number of aromatic nitrogens is 1. The predicted octanol–water partition coefficient (Wildman–Crippen LogP) is 0.862. The molecule has 1 fully saturated rings. The van der Waals surface area contributed by atoms with Crippen LogP contribution >= 0.6 is 0 Å². The van der Waals surface area contributed by atoms with Crippen LogP contribution < -0.4 is 16.8 Å². The smallest absolute Gasteiger partial charge is 0.250 e. The Morgan fingerprint density at radius 2 is 2.00 bits per heavy atom. The van der Waals surface area contributed by atoms with E-state index in [2.05, 4.69) is 10.3 Å². The van der Waals surface area contributed by atoms with Crippen LogP contribution in [0.2, 0.25) is 0 Å². The van der Waals surface area contributed by atoms with Gasteiger partial charge in [-0.3, -0.25) is 4.79 Å². The molecule has 2 rings (SSSR count). The monoisotopic (exact) mass is 234 g/mol. The van der Waals surface area contributed by atoms with Crippen molar-refractivity contribution >= 4 is 11.7 Å². The summed E-state index contributed by atoms with van der Waals surface area (Å²) in [5, 5.41) is 3.35. The number of anilines is 1. The van der Waals surface area contributed by atoms with Gasteiger partial charge in [0, 0.05) is 18.3 Å². The molecule has 0 spiro atoms. The average molecular weight is 234 g/mol. The Morgan fingerprint density at radius 1 is 1.29 bits per heavy atom. The number of nitrogens with two attached hydrogens (primary N) is 2. The van der Waals surface area contributed by atoms with Crippen molar-refractivity contribution in [1.82, 2.24) is 4.98 Å². The molecule has 0 radical (unpaired) electrons. The van der Waals surface area contributed by atoms with E-state index in [0.29, 0.717) is 17.6 Å². The number of carbonyl (C=O) groups excluding carboxylic acids is 1. The Labute approximate surface area is 101 Å². The Bertz CT molecular complexity index is 382. The summed E-state index contributed by atoms with van der Waals surface area (Å²) in [5.41, 5.74) is 11.4. The largest absolute Gasteiger partial charge is 0.367 e. The lowest BCUT2D eigenvalue weighted by Gasteiger charge is -2.27. The Balaban J connectivity index is 1.92. The molecule has 0 unspecified atom stereocenters. The summed E-state index contributed by atoms with van der Waals surface area (Å²) in [4.78, 5) is 15.1. The minimum absolute atomic E-state index is 0.346. The summed E-state index contributed by atoms with van der Waals surface area (Å²) in [6.07, 6.45) is 5.74. The van der Waals surface area contributed by atoms with Gasteiger partial charge in [0.05, 0.1) is 5.56 Å². The normalized spacial score (nSPS) is 24.3. The maximum atomic E-state index is 10.9. The molecular weight excluding hydrogens is 216 g/mol. The average Bonchev–Trinajstić information content (AvgIpc) is 2.33. The molecule has 0 aromatic carbocycles. The molecule has 1 amide bonds. The van der Waals surface area contributed by atoms with Gasteiger partial charge in [0.15, 0.2) is 0 Å². The highest BCUT2D eigenvalue weighted by Gasteiger charge is 2.18. The first-order valence-electron chi connectivity index (χ1n) is 5.93. The van der Waals surface area contributed by atoms with E-state index in [1.54, 1.807) is 12.1 Å². The van der Waals surface area contributed by atoms with E-state index < -0.39 is 5.91 Å². The first-order valence-corrected chi connectivity index (χ1v) is 5.93. The minimum Gasteiger partial charge on any atom is -0.367 e. The molecular formula is C12H18N4O. The summed E-state index contributed by atoms with van der Waals surface area (Å²) in [6, 6.07) is 4.25. The zero-order valence-corrected chi connectivity index (χ0v) is 9.73. The van der Waals surface area contributed by atoms with Crippen molar-refractivity contribution in [2.45, 2.75) is 37.8 Å². The molecule has 1 aromatic heterocycles. The van der Waals surface area contributed by atoms with Crippen LogP contribution in [0.5, 0.6) is 0 Å². The summed E-state index contributed by atoms with van der Waals surface area (Å²) < 4.78 is 0. The lowest BCUT2D eigenvalue weighted by Crippen LogP contribution is -2.33. The van der Waals surface area contributed by atoms with Crippen molar-refractivity contribution < 1.29 is 4.79 Å². The van der Waals surface area contributed by atoms with Crippen molar-refractivity contribution in [2.24, 2.45) is 11.5 Å². The van der Waals surface area contributed by atoms with E-state index in [1.165, 1.54) is 6.20 Å². The Kier molecular flexibility index (Phi) is 3.58. The van der Waals surface area contributed by atoms with Gasteiger partial charge in [-0.25, -0.2) is 4.98 Å². The van der Waals surface area contributed by atoms with Crippen molar-refractivity contribution in [3.05, 3.63) is 23.9 Å². The maximum absolute atomic E-state index is 10.9. The number of amides is 1. The van der Waals surface area contributed by atoms with Crippen LogP contribution in [0.4, 0.5) is 5.82 Å². The van der Waals surface area contributed by atoms with Gasteiger partial charge in [-0.2, -0.15) is 0 Å². The molecule has 5 heteroatoms. The lowest BCUT2D eigenvalue weighted by molar-refractivity contribution is 0.1000. The third-order valence-corrected chi connectivity index (χ3v) is 3.17. The highest BCUT2D eigenvalue weighted by atomic mass is 16.1. The zero-order valence-electron chi connectivity index (χ0n) is 9.73. The van der Waals surface area contributed by atoms with Crippen LogP contribution in [0.3, 0.4) is 0 Å². The van der Waals surface area contributed by atoms with Gasteiger partial charge in [0.1, 0.15) is 5.82 Å². The van der Waals surface area contributed by atoms with E-state index >= 15 is 0 Å². The fourth-order valence-electron chi connectivity index (χ4n) is 2.10. The standard InChI is InChI=1S/C12H18N4O/c13-9-2-4-10(5-3-9)16-11-6-1-8(7-15-11)12(14)17/h1,6-7,9-10H,2-5,13H2,(H2,14,17)(H,15,16). The quantitative estimate of drug-likeness (QED) is 0.723. The molecule has 1 aliphatic rings. The summed E-state index contributed by atoms with van der Waals surface area (Å²) in [5.74, 6) is 0.336. The van der Waals surface area contributed by atoms with Gasteiger partial charge in [-0.05, 0) is 37.8 Å². The molecule has 0 aliphatic heterocycles. The molecule has 0 saturated heterocycles. The van der Waals surface area contributed by atoms with Gasteiger partial charge in [0.2, 0.25) is 5.91 Å². The molecule has 1 heterocycles. The molecule has 1 aromatic rings. The SMILES string of the molecule is NC(=O)c1ccc(NC2CCC(N)CC2)nc1. The van der Waals surface area contributed by atoms with Gasteiger partial charge < -0.3 is 16.8 Å². The topological polar surface area (TPSA) is 94.0 Å². The van der Waals surface area contributed by atoms with Crippen LogP contribution in [0.15, 0.2) is 18.3 Å². The fourth-order valence-corrected chi connectivity index (χ4v) is 2.10. The van der Waals surface area contributed by atoms with Crippen LogP contribution in [0.25, 0.3) is 0 Å². The highest BCUT2D eigenvalue weighted by molar-refractivity contribution is 5.92. The second-order valence-electron chi connectivity index (χ2n) is 4.55. The van der Waals surface area contributed by atoms with Crippen LogP contribution in [-0.4, -0.2) is 23.0 Å². The molecule has 5 N–H and O–H groups in total. The second-order valence-corrected chi connectivity index (χ2v) is 4.55. The second kappa shape index (κ2) is 5.14. The molecule has 17 heavy (non-hydrogen) atoms. The van der Waals surface area contributed by atoms with Crippen molar-refractivity contribution in [3.63, 3.8) is 0 Å². The third-order valence-electron chi connectivity index (χ3n) is 3.17. The van der Waals surface area contributed by atoms with Gasteiger partial charge in [-0.15, -0.1) is 0 Å². The number of rotatable bonds is 3. The summed E-state index contributed by atoms with van der Waals surface area (Å²) in [6.45, 7) is 0. The highest BCUT2D eigenvalue weighted by Crippen LogP contribution is 2.20. The van der Waals surface area contributed by atoms with E-state index in [1.807, 2.05) is 0 Å². The third kappa shape index (κ3) is 3.17. The van der Waals surface area contributed by atoms with Crippen LogP contribution in [0.1, 0.15) is 36.0 Å². The number of pyridine rings is 1. The van der Waals surface area contributed by atoms with E-state index in [4.69, 9.17) is 11.5 Å². The number of nitrogens with one attached hydrogen (secondary N) is 1. The van der Waals surface area contributed by atoms with Gasteiger partial charge in [0.25, 0.3) is 0 Å². The number of hydrogen-bond acceptors (Lipinski definition) is 4. The molecule has 0 atom stereocenters. The number of hydrogen-bond donors (Lipinski definition) is 3. The van der Waals surface area contributed by atoms with Gasteiger partial charge >= 0.3 is 0 Å². The first-order chi connectivity index (χ1) is 8.15. The predicted molar refractivity (Wildman–Crippen MR) is 66.6 cm³/mol. The van der Waals surface area contributed by atoms with E-state index in [0.717, 1.165) is 31.5 Å². The van der Waals surface area contributed by atoms with Crippen LogP contribution in [0, 0.1) is 0 Å². The number of carbonyl (C=O) groups is 1. The number of primary amides is 1. The van der Waals surface area contributed by atoms with Crippen molar-refractivity contribution in [3.8, 4) is 0 Å². The summed E-state index contributed by atoms with van der Waals surface area (Å²) in [7, 11) is 0. The van der Waals surface area contributed by atoms with Gasteiger partial charge in [-0.1, -0.05) is 0 Å². The lowest BCUT2D eigenvalue weighted by atomic mass is 9.92. The molecule has 1 aliphatic carbocycles. The number of nitrogens with zero attached hydrogens (tertiary/aromatic N) is 1. The first kappa shape index (κ1) is 11.9. The molecule has 5 nitrogen and oxygen atoms in total.